The summed E-state index contributed by atoms with van der Waals surface area (Å²) in [5.74, 6) is 0.684. The fourth-order valence-corrected chi connectivity index (χ4v) is 3.37. The van der Waals surface area contributed by atoms with E-state index >= 15 is 0 Å². The molecule has 0 aromatic carbocycles. The molecular formula is C15H26N2O3. The quantitative estimate of drug-likeness (QED) is 0.792. The monoisotopic (exact) mass is 282 g/mol. The maximum atomic E-state index is 12.2. The van der Waals surface area contributed by atoms with Crippen molar-refractivity contribution in [3.63, 3.8) is 0 Å². The zero-order valence-corrected chi connectivity index (χ0v) is 12.1. The highest BCUT2D eigenvalue weighted by atomic mass is 16.5. The van der Waals surface area contributed by atoms with E-state index in [0.717, 1.165) is 45.2 Å². The summed E-state index contributed by atoms with van der Waals surface area (Å²) in [4.78, 5) is 14.2. The van der Waals surface area contributed by atoms with Gasteiger partial charge in [-0.05, 0) is 32.1 Å². The lowest BCUT2D eigenvalue weighted by atomic mass is 9.84. The first-order valence-electron chi connectivity index (χ1n) is 8.04. The van der Waals surface area contributed by atoms with Gasteiger partial charge in [0.15, 0.2) is 0 Å². The van der Waals surface area contributed by atoms with Crippen LogP contribution in [0.15, 0.2) is 0 Å². The van der Waals surface area contributed by atoms with Gasteiger partial charge < -0.3 is 20.1 Å². The average molecular weight is 282 g/mol. The second kappa shape index (κ2) is 6.41. The Hall–Kier alpha value is -0.650. The highest BCUT2D eigenvalue weighted by molar-refractivity contribution is 5.79. The summed E-state index contributed by atoms with van der Waals surface area (Å²) in [6.45, 7) is 2.98. The van der Waals surface area contributed by atoms with Gasteiger partial charge in [-0.15, -0.1) is 0 Å². The van der Waals surface area contributed by atoms with Crippen molar-refractivity contribution < 1.29 is 14.6 Å². The lowest BCUT2D eigenvalue weighted by Gasteiger charge is -2.39. The number of carbonyl (C=O) groups is 1. The van der Waals surface area contributed by atoms with Gasteiger partial charge in [0.1, 0.15) is 0 Å². The molecule has 0 bridgehead atoms. The summed E-state index contributed by atoms with van der Waals surface area (Å²) in [5.41, 5.74) is 0. The van der Waals surface area contributed by atoms with Gasteiger partial charge >= 0.3 is 0 Å². The van der Waals surface area contributed by atoms with Crippen molar-refractivity contribution in [3.05, 3.63) is 0 Å². The maximum absolute atomic E-state index is 12.2. The third-order valence-electron chi connectivity index (χ3n) is 5.03. The van der Waals surface area contributed by atoms with E-state index in [-0.39, 0.29) is 12.1 Å². The molecule has 2 aliphatic heterocycles. The van der Waals surface area contributed by atoms with Gasteiger partial charge in [-0.3, -0.25) is 4.79 Å². The van der Waals surface area contributed by atoms with Crippen molar-refractivity contribution >= 4 is 5.91 Å². The number of piperidine rings is 1. The van der Waals surface area contributed by atoms with Crippen molar-refractivity contribution in [1.82, 2.24) is 10.2 Å². The first-order valence-corrected chi connectivity index (χ1v) is 8.04. The van der Waals surface area contributed by atoms with Crippen LogP contribution in [0.5, 0.6) is 0 Å². The number of hydrogen-bond acceptors (Lipinski definition) is 4. The highest BCUT2D eigenvalue weighted by Gasteiger charge is 2.33. The van der Waals surface area contributed by atoms with E-state index < -0.39 is 0 Å². The lowest BCUT2D eigenvalue weighted by Crippen LogP contribution is -2.54. The molecule has 0 unspecified atom stereocenters. The SMILES string of the molecule is O=C(C1CCC1)N1CCC(N[C@@H]2COCC[C@H]2O)CC1. The number of hydrogen-bond donors (Lipinski definition) is 2. The first-order chi connectivity index (χ1) is 9.74. The molecule has 3 aliphatic rings. The van der Waals surface area contributed by atoms with Crippen molar-refractivity contribution in [3.8, 4) is 0 Å². The number of carbonyl (C=O) groups excluding carboxylic acids is 1. The van der Waals surface area contributed by atoms with Gasteiger partial charge in [0, 0.05) is 31.7 Å². The molecular weight excluding hydrogens is 256 g/mol. The van der Waals surface area contributed by atoms with E-state index in [2.05, 4.69) is 5.32 Å². The standard InChI is InChI=1S/C15H26N2O3/c18-14-6-9-20-10-13(14)16-12-4-7-17(8-5-12)15(19)11-2-1-3-11/h11-14,16,18H,1-10H2/t13-,14-/m1/s1. The van der Waals surface area contributed by atoms with Gasteiger partial charge in [-0.25, -0.2) is 0 Å². The number of ether oxygens (including phenoxy) is 1. The molecule has 5 nitrogen and oxygen atoms in total. The molecule has 0 radical (unpaired) electrons. The fourth-order valence-electron chi connectivity index (χ4n) is 3.37. The molecule has 1 amide bonds. The van der Waals surface area contributed by atoms with E-state index in [0.29, 0.717) is 31.1 Å². The third-order valence-corrected chi connectivity index (χ3v) is 5.03. The molecule has 0 aromatic heterocycles. The van der Waals surface area contributed by atoms with E-state index in [9.17, 15) is 9.90 Å². The van der Waals surface area contributed by atoms with Gasteiger partial charge in [0.2, 0.25) is 5.91 Å². The van der Waals surface area contributed by atoms with Crippen LogP contribution in [0.1, 0.15) is 38.5 Å². The van der Waals surface area contributed by atoms with Crippen LogP contribution in [-0.2, 0) is 9.53 Å². The van der Waals surface area contributed by atoms with Crippen molar-refractivity contribution in [2.75, 3.05) is 26.3 Å². The molecule has 3 rings (SSSR count). The van der Waals surface area contributed by atoms with Crippen molar-refractivity contribution in [2.24, 2.45) is 5.92 Å². The molecule has 20 heavy (non-hydrogen) atoms. The molecule has 2 atom stereocenters. The zero-order chi connectivity index (χ0) is 13.9. The van der Waals surface area contributed by atoms with Crippen molar-refractivity contribution in [2.45, 2.75) is 56.7 Å². The number of nitrogens with zero attached hydrogens (tertiary/aromatic N) is 1. The Labute approximate surface area is 120 Å². The van der Waals surface area contributed by atoms with Crippen LogP contribution in [0, 0.1) is 5.92 Å². The zero-order valence-electron chi connectivity index (χ0n) is 12.1. The topological polar surface area (TPSA) is 61.8 Å². The lowest BCUT2D eigenvalue weighted by molar-refractivity contribution is -0.139. The second-order valence-corrected chi connectivity index (χ2v) is 6.43. The predicted molar refractivity (Wildman–Crippen MR) is 75.3 cm³/mol. The summed E-state index contributed by atoms with van der Waals surface area (Å²) in [7, 11) is 0. The molecule has 114 valence electrons. The molecule has 5 heteroatoms. The normalized spacial score (nSPS) is 33.0. The first kappa shape index (κ1) is 14.3. The Morgan fingerprint density at radius 2 is 1.90 bits per heavy atom. The number of nitrogens with one attached hydrogen (secondary N) is 1. The van der Waals surface area contributed by atoms with Crippen LogP contribution in [-0.4, -0.2) is 60.4 Å². The summed E-state index contributed by atoms with van der Waals surface area (Å²) >= 11 is 0. The van der Waals surface area contributed by atoms with Crippen LogP contribution < -0.4 is 5.32 Å². The number of aliphatic hydroxyl groups is 1. The van der Waals surface area contributed by atoms with Gasteiger partial charge in [0.25, 0.3) is 0 Å². The average Bonchev–Trinajstić information content (AvgIpc) is 2.40. The molecule has 1 saturated carbocycles. The van der Waals surface area contributed by atoms with Crippen LogP contribution in [0.25, 0.3) is 0 Å². The Bertz CT molecular complexity index is 338. The fraction of sp³-hybridized carbons (Fsp3) is 0.933. The number of likely N-dealkylation sites (tertiary alicyclic amines) is 1. The van der Waals surface area contributed by atoms with E-state index in [1.807, 2.05) is 4.90 Å². The van der Waals surface area contributed by atoms with Crippen LogP contribution in [0.2, 0.25) is 0 Å². The number of amides is 1. The Kier molecular flexibility index (Phi) is 4.58. The predicted octanol–water partition coefficient (Wildman–Crippen LogP) is 0.517. The number of aliphatic hydroxyl groups excluding tert-OH is 1. The molecule has 2 saturated heterocycles. The largest absolute Gasteiger partial charge is 0.391 e. The third kappa shape index (κ3) is 3.15. The molecule has 0 spiro atoms. The van der Waals surface area contributed by atoms with E-state index in [4.69, 9.17) is 4.74 Å². The second-order valence-electron chi connectivity index (χ2n) is 6.43. The summed E-state index contributed by atoms with van der Waals surface area (Å²) in [6.07, 6.45) is 5.79. The van der Waals surface area contributed by atoms with Crippen molar-refractivity contribution in [1.29, 1.82) is 0 Å². The van der Waals surface area contributed by atoms with Crippen LogP contribution in [0.4, 0.5) is 0 Å². The summed E-state index contributed by atoms with van der Waals surface area (Å²) in [5, 5.41) is 13.5. The Morgan fingerprint density at radius 3 is 2.50 bits per heavy atom. The van der Waals surface area contributed by atoms with Gasteiger partial charge in [-0.1, -0.05) is 6.42 Å². The van der Waals surface area contributed by atoms with Crippen LogP contribution >= 0.6 is 0 Å². The maximum Gasteiger partial charge on any atom is 0.225 e. The molecule has 2 N–H and O–H groups in total. The van der Waals surface area contributed by atoms with Crippen LogP contribution in [0.3, 0.4) is 0 Å². The molecule has 1 aliphatic carbocycles. The minimum Gasteiger partial charge on any atom is -0.391 e. The molecule has 3 fully saturated rings. The van der Waals surface area contributed by atoms with Gasteiger partial charge in [0.05, 0.1) is 18.8 Å². The van der Waals surface area contributed by atoms with Gasteiger partial charge in [-0.2, -0.15) is 0 Å². The Balaban J connectivity index is 1.42. The minimum atomic E-state index is -0.293. The summed E-state index contributed by atoms with van der Waals surface area (Å²) < 4.78 is 5.42. The molecule has 0 aromatic rings. The van der Waals surface area contributed by atoms with E-state index in [1.165, 1.54) is 6.42 Å². The molecule has 2 heterocycles. The van der Waals surface area contributed by atoms with E-state index in [1.54, 1.807) is 0 Å². The minimum absolute atomic E-state index is 0.0580. The Morgan fingerprint density at radius 1 is 1.15 bits per heavy atom. The summed E-state index contributed by atoms with van der Waals surface area (Å²) in [6, 6.07) is 0.462. The highest BCUT2D eigenvalue weighted by Crippen LogP contribution is 2.29. The smallest absolute Gasteiger partial charge is 0.225 e. The number of rotatable bonds is 3.